The summed E-state index contributed by atoms with van der Waals surface area (Å²) in [5.41, 5.74) is 7.36. The first-order chi connectivity index (χ1) is 9.81. The molecule has 0 radical (unpaired) electrons. The number of anilines is 1. The number of benzene rings is 1. The van der Waals surface area contributed by atoms with Crippen molar-refractivity contribution in [2.24, 2.45) is 0 Å². The van der Waals surface area contributed by atoms with Gasteiger partial charge in [0.25, 0.3) is 5.88 Å². The third-order valence-corrected chi connectivity index (χ3v) is 2.67. The van der Waals surface area contributed by atoms with Crippen LogP contribution in [-0.4, -0.2) is 43.5 Å². The summed E-state index contributed by atoms with van der Waals surface area (Å²) in [6.45, 7) is 2.30. The summed E-state index contributed by atoms with van der Waals surface area (Å²) < 4.78 is 15.8. The van der Waals surface area contributed by atoms with Crippen LogP contribution < -0.4 is 10.5 Å². The standard InChI is InChI=1S/C14H19N3O3/c1-18-9-10-19-7-4-8-20-14-13(15)16-11-5-2-3-6-12(11)17-14/h2-3,5-6H,4,7-10H2,1H3,(H2,15,16). The summed E-state index contributed by atoms with van der Waals surface area (Å²) in [5.74, 6) is 0.685. The lowest BCUT2D eigenvalue weighted by atomic mass is 10.3. The van der Waals surface area contributed by atoms with Crippen molar-refractivity contribution in [3.8, 4) is 5.88 Å². The van der Waals surface area contributed by atoms with Crippen molar-refractivity contribution in [2.45, 2.75) is 6.42 Å². The fraction of sp³-hybridized carbons (Fsp3) is 0.429. The molecule has 0 aliphatic rings. The van der Waals surface area contributed by atoms with E-state index in [0.29, 0.717) is 38.1 Å². The van der Waals surface area contributed by atoms with Crippen LogP contribution >= 0.6 is 0 Å². The van der Waals surface area contributed by atoms with E-state index in [2.05, 4.69) is 9.97 Å². The van der Waals surface area contributed by atoms with Crippen molar-refractivity contribution in [2.75, 3.05) is 39.3 Å². The number of para-hydroxylation sites is 2. The number of hydrogen-bond acceptors (Lipinski definition) is 6. The smallest absolute Gasteiger partial charge is 0.257 e. The maximum Gasteiger partial charge on any atom is 0.257 e. The van der Waals surface area contributed by atoms with E-state index < -0.39 is 0 Å². The summed E-state index contributed by atoms with van der Waals surface area (Å²) in [4.78, 5) is 8.61. The molecular weight excluding hydrogens is 258 g/mol. The van der Waals surface area contributed by atoms with Gasteiger partial charge in [0.1, 0.15) is 0 Å². The molecule has 0 unspecified atom stereocenters. The molecule has 6 heteroatoms. The van der Waals surface area contributed by atoms with Gasteiger partial charge in [-0.3, -0.25) is 0 Å². The van der Waals surface area contributed by atoms with Gasteiger partial charge < -0.3 is 19.9 Å². The van der Waals surface area contributed by atoms with E-state index in [1.165, 1.54) is 0 Å². The molecule has 1 aromatic heterocycles. The van der Waals surface area contributed by atoms with Crippen molar-refractivity contribution in [1.29, 1.82) is 0 Å². The van der Waals surface area contributed by atoms with Crippen LogP contribution in [0.3, 0.4) is 0 Å². The predicted molar refractivity (Wildman–Crippen MR) is 76.8 cm³/mol. The molecule has 2 aromatic rings. The van der Waals surface area contributed by atoms with Crippen LogP contribution in [0, 0.1) is 0 Å². The normalized spacial score (nSPS) is 10.8. The van der Waals surface area contributed by atoms with Crippen molar-refractivity contribution in [1.82, 2.24) is 9.97 Å². The second-order valence-electron chi connectivity index (χ2n) is 4.21. The van der Waals surface area contributed by atoms with Crippen molar-refractivity contribution >= 4 is 16.9 Å². The van der Waals surface area contributed by atoms with E-state index in [1.807, 2.05) is 24.3 Å². The Balaban J connectivity index is 1.82. The van der Waals surface area contributed by atoms with Gasteiger partial charge in [-0.1, -0.05) is 12.1 Å². The number of nitrogens with two attached hydrogens (primary N) is 1. The lowest BCUT2D eigenvalue weighted by molar-refractivity contribution is 0.0642. The van der Waals surface area contributed by atoms with Gasteiger partial charge in [0.15, 0.2) is 5.82 Å². The molecule has 0 aliphatic carbocycles. The molecule has 0 amide bonds. The second-order valence-corrected chi connectivity index (χ2v) is 4.21. The average Bonchev–Trinajstić information content (AvgIpc) is 2.46. The van der Waals surface area contributed by atoms with E-state index in [9.17, 15) is 0 Å². The van der Waals surface area contributed by atoms with Gasteiger partial charge in [-0.25, -0.2) is 9.97 Å². The third kappa shape index (κ3) is 4.04. The molecule has 2 N–H and O–H groups in total. The highest BCUT2D eigenvalue weighted by atomic mass is 16.5. The second kappa shape index (κ2) is 7.62. The lowest BCUT2D eigenvalue weighted by Crippen LogP contribution is -2.08. The molecule has 1 aromatic carbocycles. The van der Waals surface area contributed by atoms with Crippen LogP contribution in [0.2, 0.25) is 0 Å². The van der Waals surface area contributed by atoms with Crippen LogP contribution in [0.5, 0.6) is 5.88 Å². The Morgan fingerprint density at radius 3 is 2.50 bits per heavy atom. The molecule has 6 nitrogen and oxygen atoms in total. The van der Waals surface area contributed by atoms with Gasteiger partial charge in [0.05, 0.1) is 30.9 Å². The SMILES string of the molecule is COCCOCCCOc1nc2ccccc2nc1N. The van der Waals surface area contributed by atoms with E-state index in [1.54, 1.807) is 7.11 Å². The fourth-order valence-corrected chi connectivity index (χ4v) is 1.68. The molecule has 0 fully saturated rings. The minimum absolute atomic E-state index is 0.309. The molecule has 0 bridgehead atoms. The van der Waals surface area contributed by atoms with E-state index in [4.69, 9.17) is 19.9 Å². The highest BCUT2D eigenvalue weighted by molar-refractivity contribution is 5.76. The van der Waals surface area contributed by atoms with E-state index >= 15 is 0 Å². The average molecular weight is 277 g/mol. The predicted octanol–water partition coefficient (Wildman–Crippen LogP) is 1.64. The molecule has 108 valence electrons. The van der Waals surface area contributed by atoms with Crippen molar-refractivity contribution in [3.05, 3.63) is 24.3 Å². The Labute approximate surface area is 117 Å². The number of rotatable bonds is 8. The molecule has 0 saturated carbocycles. The fourth-order valence-electron chi connectivity index (χ4n) is 1.68. The maximum absolute atomic E-state index is 5.82. The molecule has 0 aliphatic heterocycles. The lowest BCUT2D eigenvalue weighted by Gasteiger charge is -2.08. The Hall–Kier alpha value is -1.92. The van der Waals surface area contributed by atoms with E-state index in [-0.39, 0.29) is 0 Å². The first-order valence-corrected chi connectivity index (χ1v) is 6.53. The van der Waals surface area contributed by atoms with Crippen molar-refractivity contribution < 1.29 is 14.2 Å². The van der Waals surface area contributed by atoms with Gasteiger partial charge in [-0.05, 0) is 12.1 Å². The van der Waals surface area contributed by atoms with Crippen LogP contribution in [-0.2, 0) is 9.47 Å². The first-order valence-electron chi connectivity index (χ1n) is 6.53. The minimum atomic E-state index is 0.309. The van der Waals surface area contributed by atoms with E-state index in [0.717, 1.165) is 17.5 Å². The Morgan fingerprint density at radius 2 is 1.75 bits per heavy atom. The number of hydrogen-bond donors (Lipinski definition) is 1. The zero-order valence-electron chi connectivity index (χ0n) is 11.5. The minimum Gasteiger partial charge on any atom is -0.475 e. The molecule has 0 saturated heterocycles. The summed E-state index contributed by atoms with van der Waals surface area (Å²) in [7, 11) is 1.65. The molecule has 0 atom stereocenters. The third-order valence-electron chi connectivity index (χ3n) is 2.67. The van der Waals surface area contributed by atoms with Crippen LogP contribution in [0.1, 0.15) is 6.42 Å². The van der Waals surface area contributed by atoms with Crippen LogP contribution in [0.15, 0.2) is 24.3 Å². The quantitative estimate of drug-likeness (QED) is 0.739. The monoisotopic (exact) mass is 277 g/mol. The Morgan fingerprint density at radius 1 is 1.00 bits per heavy atom. The molecule has 1 heterocycles. The highest BCUT2D eigenvalue weighted by Crippen LogP contribution is 2.20. The zero-order valence-corrected chi connectivity index (χ0v) is 11.5. The number of nitrogens with zero attached hydrogens (tertiary/aromatic N) is 2. The molecular formula is C14H19N3O3. The molecule has 2 rings (SSSR count). The van der Waals surface area contributed by atoms with Gasteiger partial charge in [-0.15, -0.1) is 0 Å². The summed E-state index contributed by atoms with van der Waals surface area (Å²) in [6.07, 6.45) is 0.762. The largest absolute Gasteiger partial charge is 0.475 e. The van der Waals surface area contributed by atoms with Gasteiger partial charge in [0.2, 0.25) is 0 Å². The van der Waals surface area contributed by atoms with Gasteiger partial charge in [0, 0.05) is 20.1 Å². The Bertz CT molecular complexity index is 548. The van der Waals surface area contributed by atoms with Crippen LogP contribution in [0.4, 0.5) is 5.82 Å². The number of ether oxygens (including phenoxy) is 3. The number of aromatic nitrogens is 2. The van der Waals surface area contributed by atoms with Crippen molar-refractivity contribution in [3.63, 3.8) is 0 Å². The summed E-state index contributed by atoms with van der Waals surface area (Å²) in [6, 6.07) is 7.55. The number of nitrogen functional groups attached to an aromatic ring is 1. The number of methoxy groups -OCH3 is 1. The zero-order chi connectivity index (χ0) is 14.2. The molecule has 20 heavy (non-hydrogen) atoms. The Kier molecular flexibility index (Phi) is 5.52. The maximum atomic E-state index is 5.82. The topological polar surface area (TPSA) is 79.5 Å². The van der Waals surface area contributed by atoms with Crippen LogP contribution in [0.25, 0.3) is 11.0 Å². The molecule has 0 spiro atoms. The summed E-state index contributed by atoms with van der Waals surface area (Å²) in [5, 5.41) is 0. The van der Waals surface area contributed by atoms with Gasteiger partial charge in [-0.2, -0.15) is 0 Å². The van der Waals surface area contributed by atoms with Gasteiger partial charge >= 0.3 is 0 Å². The highest BCUT2D eigenvalue weighted by Gasteiger charge is 2.06. The number of fused-ring (bicyclic) bond motifs is 1. The summed E-state index contributed by atoms with van der Waals surface area (Å²) >= 11 is 0. The first kappa shape index (κ1) is 14.5.